The Balaban J connectivity index is 2.42. The van der Waals surface area contributed by atoms with Crippen LogP contribution in [0.2, 0.25) is 0 Å². The van der Waals surface area contributed by atoms with Crippen molar-refractivity contribution in [1.82, 2.24) is 0 Å². The molecular weight excluding hydrogens is 344 g/mol. The molecule has 0 fully saturated rings. The summed E-state index contributed by atoms with van der Waals surface area (Å²) in [6.45, 7) is 0.423. The van der Waals surface area contributed by atoms with Crippen LogP contribution in [0, 0.1) is 0 Å². The van der Waals surface area contributed by atoms with Crippen molar-refractivity contribution in [2.75, 3.05) is 0 Å². The van der Waals surface area contributed by atoms with Gasteiger partial charge in [-0.05, 0) is 41.5 Å². The molecule has 0 atom stereocenters. The molecule has 0 aliphatic heterocycles. The Morgan fingerprint density at radius 2 is 1.12 bits per heavy atom. The predicted molar refractivity (Wildman–Crippen MR) is 89.1 cm³/mol. The molecule has 8 nitrogen and oxygen atoms in total. The van der Waals surface area contributed by atoms with Crippen LogP contribution in [-0.2, 0) is 9.59 Å². The Hall–Kier alpha value is -3.94. The van der Waals surface area contributed by atoms with Crippen LogP contribution in [0.15, 0.2) is 36.4 Å². The fourth-order valence-corrected chi connectivity index (χ4v) is 2.12. The maximum Gasteiger partial charge on any atom is 0.335 e. The summed E-state index contributed by atoms with van der Waals surface area (Å²) in [5, 5.41) is 18.2. The Bertz CT molecular complexity index is 838. The van der Waals surface area contributed by atoms with Gasteiger partial charge in [0.25, 0.3) is 12.9 Å². The number of rotatable bonds is 8. The highest BCUT2D eigenvalue weighted by atomic mass is 16.5. The minimum atomic E-state index is -1.26. The largest absolute Gasteiger partial charge is 0.478 e. The second-order valence-corrected chi connectivity index (χ2v) is 4.95. The van der Waals surface area contributed by atoms with E-state index in [1.54, 1.807) is 0 Å². The molecule has 8 heteroatoms. The SMILES string of the molecule is O=COc1cc(C=Cc2cc(C(=O)O)cc(C(=O)O)c2)cc(OC=O)c1. The van der Waals surface area contributed by atoms with Gasteiger partial charge >= 0.3 is 11.9 Å². The number of aromatic carboxylic acids is 2. The molecule has 2 N–H and O–H groups in total. The highest BCUT2D eigenvalue weighted by Gasteiger charge is 2.10. The molecule has 2 aromatic rings. The molecule has 0 unspecified atom stereocenters. The predicted octanol–water partition coefficient (Wildman–Crippen LogP) is 2.32. The number of hydrogen-bond donors (Lipinski definition) is 2. The highest BCUT2D eigenvalue weighted by molar-refractivity contribution is 5.95. The lowest BCUT2D eigenvalue weighted by molar-refractivity contribution is -0.121. The van der Waals surface area contributed by atoms with Gasteiger partial charge in [0.15, 0.2) is 0 Å². The minimum absolute atomic E-state index is 0.129. The molecule has 0 aliphatic carbocycles. The van der Waals surface area contributed by atoms with Crippen molar-refractivity contribution in [3.63, 3.8) is 0 Å². The number of hydrogen-bond acceptors (Lipinski definition) is 6. The monoisotopic (exact) mass is 356 g/mol. The first kappa shape index (κ1) is 18.4. The fourth-order valence-electron chi connectivity index (χ4n) is 2.12. The summed E-state index contributed by atoms with van der Waals surface area (Å²) in [6, 6.07) is 7.94. The summed E-state index contributed by atoms with van der Waals surface area (Å²) < 4.78 is 9.44. The van der Waals surface area contributed by atoms with E-state index in [0.717, 1.165) is 6.07 Å². The van der Waals surface area contributed by atoms with Gasteiger partial charge in [-0.25, -0.2) is 9.59 Å². The Morgan fingerprint density at radius 1 is 0.692 bits per heavy atom. The number of carbonyl (C=O) groups is 4. The van der Waals surface area contributed by atoms with Gasteiger partial charge in [-0.2, -0.15) is 0 Å². The molecule has 0 bridgehead atoms. The van der Waals surface area contributed by atoms with Gasteiger partial charge in [-0.3, -0.25) is 9.59 Å². The smallest absolute Gasteiger partial charge is 0.335 e. The van der Waals surface area contributed by atoms with Gasteiger partial charge < -0.3 is 19.7 Å². The first-order valence-corrected chi connectivity index (χ1v) is 7.08. The molecule has 0 saturated carbocycles. The zero-order valence-corrected chi connectivity index (χ0v) is 13.1. The third-order valence-corrected chi connectivity index (χ3v) is 3.19. The summed E-state index contributed by atoms with van der Waals surface area (Å²) >= 11 is 0. The van der Waals surface area contributed by atoms with Crippen LogP contribution in [0.4, 0.5) is 0 Å². The number of carbonyl (C=O) groups excluding carboxylic acids is 2. The molecule has 0 spiro atoms. The number of carboxylic acids is 2. The standard InChI is InChI=1S/C18H12O8/c19-9-25-15-5-12(6-16(8-15)26-10-20)2-1-11-3-13(17(21)22)7-14(4-11)18(23)24/h1-10H,(H,21,22)(H,23,24). The normalized spacial score (nSPS) is 10.3. The molecule has 26 heavy (non-hydrogen) atoms. The lowest BCUT2D eigenvalue weighted by Gasteiger charge is -2.05. The van der Waals surface area contributed by atoms with Gasteiger partial charge in [0.05, 0.1) is 11.1 Å². The van der Waals surface area contributed by atoms with E-state index in [-0.39, 0.29) is 35.6 Å². The molecule has 0 radical (unpaired) electrons. The number of benzene rings is 2. The number of ether oxygens (including phenoxy) is 2. The third kappa shape index (κ3) is 4.78. The molecule has 0 saturated heterocycles. The Labute approximate surface area is 146 Å². The van der Waals surface area contributed by atoms with E-state index in [4.69, 9.17) is 19.7 Å². The first-order valence-electron chi connectivity index (χ1n) is 7.08. The maximum absolute atomic E-state index is 11.1. The van der Waals surface area contributed by atoms with Crippen LogP contribution in [0.1, 0.15) is 31.8 Å². The van der Waals surface area contributed by atoms with Crippen molar-refractivity contribution in [2.24, 2.45) is 0 Å². The maximum atomic E-state index is 11.1. The lowest BCUT2D eigenvalue weighted by atomic mass is 10.0. The van der Waals surface area contributed by atoms with E-state index >= 15 is 0 Å². The van der Waals surface area contributed by atoms with Gasteiger partial charge in [0, 0.05) is 6.07 Å². The van der Waals surface area contributed by atoms with E-state index in [1.165, 1.54) is 42.5 Å². The summed E-state index contributed by atoms with van der Waals surface area (Å²) in [4.78, 5) is 43.2. The highest BCUT2D eigenvalue weighted by Crippen LogP contribution is 2.24. The summed E-state index contributed by atoms with van der Waals surface area (Å²) in [5.74, 6) is -2.26. The summed E-state index contributed by atoms with van der Waals surface area (Å²) in [7, 11) is 0. The molecule has 2 aromatic carbocycles. The molecular formula is C18H12O8. The van der Waals surface area contributed by atoms with Gasteiger partial charge in [-0.1, -0.05) is 12.2 Å². The third-order valence-electron chi connectivity index (χ3n) is 3.19. The van der Waals surface area contributed by atoms with Crippen molar-refractivity contribution in [3.8, 4) is 11.5 Å². The zero-order valence-electron chi connectivity index (χ0n) is 13.1. The van der Waals surface area contributed by atoms with Crippen LogP contribution in [-0.4, -0.2) is 35.1 Å². The van der Waals surface area contributed by atoms with E-state index in [2.05, 4.69) is 0 Å². The van der Waals surface area contributed by atoms with Crippen LogP contribution in [0.25, 0.3) is 12.2 Å². The van der Waals surface area contributed by atoms with Gasteiger partial charge in [-0.15, -0.1) is 0 Å². The second-order valence-electron chi connectivity index (χ2n) is 4.95. The Morgan fingerprint density at radius 3 is 1.50 bits per heavy atom. The summed E-state index contributed by atoms with van der Waals surface area (Å²) in [6.07, 6.45) is 2.99. The molecule has 0 heterocycles. The topological polar surface area (TPSA) is 127 Å². The van der Waals surface area contributed by atoms with Crippen LogP contribution < -0.4 is 9.47 Å². The van der Waals surface area contributed by atoms with Crippen molar-refractivity contribution >= 4 is 37.0 Å². The molecule has 0 amide bonds. The quantitative estimate of drug-likeness (QED) is 0.545. The van der Waals surface area contributed by atoms with E-state index in [9.17, 15) is 19.2 Å². The van der Waals surface area contributed by atoms with Gasteiger partial charge in [0.1, 0.15) is 11.5 Å². The Kier molecular flexibility index (Phi) is 5.83. The van der Waals surface area contributed by atoms with Crippen molar-refractivity contribution < 1.29 is 38.9 Å². The van der Waals surface area contributed by atoms with Crippen molar-refractivity contribution in [2.45, 2.75) is 0 Å². The fraction of sp³-hybridized carbons (Fsp3) is 0. The van der Waals surface area contributed by atoms with Crippen LogP contribution in [0.3, 0.4) is 0 Å². The van der Waals surface area contributed by atoms with Crippen LogP contribution in [0.5, 0.6) is 11.5 Å². The van der Waals surface area contributed by atoms with Crippen molar-refractivity contribution in [3.05, 3.63) is 58.7 Å². The average molecular weight is 356 g/mol. The lowest BCUT2D eigenvalue weighted by Crippen LogP contribution is -2.02. The molecule has 2 rings (SSSR count). The second kappa shape index (κ2) is 8.25. The van der Waals surface area contributed by atoms with Gasteiger partial charge in [0.2, 0.25) is 0 Å². The van der Waals surface area contributed by atoms with E-state index < -0.39 is 11.9 Å². The number of carboxylic acid groups (broad SMARTS) is 2. The van der Waals surface area contributed by atoms with Crippen molar-refractivity contribution in [1.29, 1.82) is 0 Å². The molecule has 0 aliphatic rings. The average Bonchev–Trinajstić information content (AvgIpc) is 2.60. The summed E-state index contributed by atoms with van der Waals surface area (Å²) in [5.41, 5.74) is 0.459. The first-order chi connectivity index (χ1) is 12.4. The minimum Gasteiger partial charge on any atom is -0.478 e. The van der Waals surface area contributed by atoms with E-state index in [0.29, 0.717) is 11.1 Å². The molecule has 0 aromatic heterocycles. The zero-order chi connectivity index (χ0) is 19.1. The van der Waals surface area contributed by atoms with E-state index in [1.807, 2.05) is 0 Å². The molecule has 132 valence electrons. The van der Waals surface area contributed by atoms with Crippen LogP contribution >= 0.6 is 0 Å².